The Morgan fingerprint density at radius 1 is 0.739 bits per heavy atom. The van der Waals surface area contributed by atoms with Crippen molar-refractivity contribution in [3.05, 3.63) is 0 Å². The second-order valence-corrected chi connectivity index (χ2v) is 5.06. The fraction of sp³-hybridized carbons (Fsp3) is 0.733. The highest BCUT2D eigenvalue weighted by Gasteiger charge is 2.34. The summed E-state index contributed by atoms with van der Waals surface area (Å²) in [7, 11) is 0. The van der Waals surface area contributed by atoms with Crippen LogP contribution in [-0.4, -0.2) is 39.9 Å². The third kappa shape index (κ3) is 9.49. The predicted molar refractivity (Wildman–Crippen MR) is 78.5 cm³/mol. The molecule has 0 radical (unpaired) electrons. The second-order valence-electron chi connectivity index (χ2n) is 5.06. The van der Waals surface area contributed by atoms with Gasteiger partial charge in [0.1, 0.15) is 0 Å². The lowest BCUT2D eigenvalue weighted by Gasteiger charge is -2.31. The molecule has 0 saturated heterocycles. The van der Waals surface area contributed by atoms with E-state index in [-0.39, 0.29) is 51.4 Å². The molecule has 0 aromatic heterocycles. The molecule has 2 N–H and O–H groups in total. The fourth-order valence-electron chi connectivity index (χ4n) is 1.84. The van der Waals surface area contributed by atoms with Crippen LogP contribution >= 0.6 is 0 Å². The normalized spacial score (nSPS) is 10.9. The summed E-state index contributed by atoms with van der Waals surface area (Å²) in [6.45, 7) is 3.39. The van der Waals surface area contributed by atoms with Crippen LogP contribution in [0.3, 0.4) is 0 Å². The van der Waals surface area contributed by atoms with Crippen LogP contribution in [-0.2, 0) is 28.7 Å². The lowest BCUT2D eigenvalue weighted by Crippen LogP contribution is -2.39. The average Bonchev–Trinajstić information content (AvgIpc) is 2.45. The number of carbonyl (C=O) groups excluding carboxylic acids is 2. The number of hydrogen-bond donors (Lipinski definition) is 2. The minimum atomic E-state index is -1.39. The number of aliphatic carboxylic acids is 2. The molecule has 0 aromatic rings. The monoisotopic (exact) mass is 332 g/mol. The molecule has 0 rings (SSSR count). The first-order valence-corrected chi connectivity index (χ1v) is 7.62. The Labute approximate surface area is 134 Å². The number of carboxylic acid groups (broad SMARTS) is 2. The van der Waals surface area contributed by atoms with Crippen molar-refractivity contribution in [3.8, 4) is 0 Å². The van der Waals surface area contributed by atoms with Gasteiger partial charge in [-0.05, 0) is 12.8 Å². The van der Waals surface area contributed by atoms with Gasteiger partial charge in [-0.25, -0.2) is 0 Å². The Bertz CT molecular complexity index is 389. The number of carboxylic acids is 2. The first kappa shape index (κ1) is 20.9. The van der Waals surface area contributed by atoms with Crippen molar-refractivity contribution < 1.29 is 38.9 Å². The van der Waals surface area contributed by atoms with Crippen LogP contribution < -0.4 is 0 Å². The van der Waals surface area contributed by atoms with E-state index in [0.717, 1.165) is 0 Å². The van der Waals surface area contributed by atoms with Gasteiger partial charge in [0.05, 0.1) is 0 Å². The molecule has 0 spiro atoms. The molecule has 0 bridgehead atoms. The van der Waals surface area contributed by atoms with Crippen molar-refractivity contribution in [2.45, 2.75) is 71.0 Å². The molecule has 8 heteroatoms. The maximum atomic E-state index is 11.8. The van der Waals surface area contributed by atoms with E-state index in [0.29, 0.717) is 0 Å². The minimum absolute atomic E-state index is 0.0788. The van der Waals surface area contributed by atoms with Gasteiger partial charge in [-0.2, -0.15) is 0 Å². The molecule has 0 aliphatic carbocycles. The topological polar surface area (TPSA) is 127 Å². The Kier molecular flexibility index (Phi) is 9.60. The summed E-state index contributed by atoms with van der Waals surface area (Å²) < 4.78 is 10.5. The molecule has 23 heavy (non-hydrogen) atoms. The van der Waals surface area contributed by atoms with E-state index in [4.69, 9.17) is 19.7 Å². The molecular formula is C15H24O8. The van der Waals surface area contributed by atoms with Crippen LogP contribution in [0, 0.1) is 0 Å². The number of carbonyl (C=O) groups is 4. The third-order valence-corrected chi connectivity index (χ3v) is 3.22. The zero-order valence-corrected chi connectivity index (χ0v) is 13.5. The molecule has 0 unspecified atom stereocenters. The van der Waals surface area contributed by atoms with Gasteiger partial charge in [0.2, 0.25) is 0 Å². The Morgan fingerprint density at radius 2 is 1.09 bits per heavy atom. The smallest absolute Gasteiger partial charge is 0.309 e. The Morgan fingerprint density at radius 3 is 1.35 bits per heavy atom. The average molecular weight is 332 g/mol. The van der Waals surface area contributed by atoms with E-state index in [1.54, 1.807) is 13.8 Å². The first-order chi connectivity index (χ1) is 10.7. The molecule has 132 valence electrons. The maximum Gasteiger partial charge on any atom is 0.309 e. The zero-order valence-electron chi connectivity index (χ0n) is 13.5. The lowest BCUT2D eigenvalue weighted by atomic mass is 10.1. The minimum Gasteiger partial charge on any atom is -0.481 e. The molecule has 0 heterocycles. The summed E-state index contributed by atoms with van der Waals surface area (Å²) in [5.74, 6) is -4.65. The number of rotatable bonds is 12. The quantitative estimate of drug-likeness (QED) is 0.411. The predicted octanol–water partition coefficient (Wildman–Crippen LogP) is 2.10. The first-order valence-electron chi connectivity index (χ1n) is 7.62. The van der Waals surface area contributed by atoms with Crippen LogP contribution in [0.25, 0.3) is 0 Å². The van der Waals surface area contributed by atoms with Gasteiger partial charge >= 0.3 is 23.9 Å². The molecule has 0 atom stereocenters. The second kappa shape index (κ2) is 10.6. The molecule has 0 saturated carbocycles. The van der Waals surface area contributed by atoms with Crippen molar-refractivity contribution in [2.75, 3.05) is 0 Å². The molecule has 0 fully saturated rings. The molecule has 0 aromatic carbocycles. The Hall–Kier alpha value is -2.12. The summed E-state index contributed by atoms with van der Waals surface area (Å²) in [5.41, 5.74) is 0. The van der Waals surface area contributed by atoms with Crippen molar-refractivity contribution in [1.82, 2.24) is 0 Å². The number of esters is 2. The van der Waals surface area contributed by atoms with Crippen molar-refractivity contribution in [1.29, 1.82) is 0 Å². The molecule has 0 aliphatic heterocycles. The van der Waals surface area contributed by atoms with Gasteiger partial charge in [0, 0.05) is 38.5 Å². The fourth-order valence-corrected chi connectivity index (χ4v) is 1.84. The van der Waals surface area contributed by atoms with Gasteiger partial charge in [0.25, 0.3) is 5.79 Å². The van der Waals surface area contributed by atoms with Crippen LogP contribution in [0.5, 0.6) is 0 Å². The van der Waals surface area contributed by atoms with Crippen molar-refractivity contribution in [2.24, 2.45) is 0 Å². The Balaban J connectivity index is 4.48. The number of hydrogen-bond acceptors (Lipinski definition) is 6. The highest BCUT2D eigenvalue weighted by Crippen LogP contribution is 2.24. The van der Waals surface area contributed by atoms with Gasteiger partial charge in [0.15, 0.2) is 0 Å². The molecular weight excluding hydrogens is 308 g/mol. The van der Waals surface area contributed by atoms with Crippen LogP contribution in [0.15, 0.2) is 0 Å². The van der Waals surface area contributed by atoms with Crippen LogP contribution in [0.4, 0.5) is 0 Å². The van der Waals surface area contributed by atoms with Crippen LogP contribution in [0.2, 0.25) is 0 Å². The standard InChI is InChI=1S/C15H24O8/c1-3-15(4-2,22-13(20)9-5-7-11(16)17)23-14(21)10-6-8-12(18)19/h3-10H2,1-2H3,(H,16,17)(H,18,19). The third-order valence-electron chi connectivity index (χ3n) is 3.22. The molecule has 0 aliphatic rings. The highest BCUT2D eigenvalue weighted by atomic mass is 16.7. The zero-order chi connectivity index (χ0) is 17.9. The summed E-state index contributed by atoms with van der Waals surface area (Å²) in [4.78, 5) is 44.3. The summed E-state index contributed by atoms with van der Waals surface area (Å²) >= 11 is 0. The SMILES string of the molecule is CCC(CC)(OC(=O)CCCC(=O)O)OC(=O)CCCC(=O)O. The van der Waals surface area contributed by atoms with E-state index in [1.807, 2.05) is 0 Å². The molecule has 0 amide bonds. The van der Waals surface area contributed by atoms with Gasteiger partial charge in [-0.3, -0.25) is 19.2 Å². The van der Waals surface area contributed by atoms with E-state index >= 15 is 0 Å². The van der Waals surface area contributed by atoms with Gasteiger partial charge in [-0.15, -0.1) is 0 Å². The summed E-state index contributed by atoms with van der Waals surface area (Å²) in [5, 5.41) is 17.1. The van der Waals surface area contributed by atoms with E-state index in [2.05, 4.69) is 0 Å². The highest BCUT2D eigenvalue weighted by molar-refractivity contribution is 5.73. The van der Waals surface area contributed by atoms with Gasteiger partial charge < -0.3 is 19.7 Å². The maximum absolute atomic E-state index is 11.8. The van der Waals surface area contributed by atoms with E-state index < -0.39 is 29.7 Å². The summed E-state index contributed by atoms with van der Waals surface area (Å²) in [6.07, 6.45) is 0.339. The van der Waals surface area contributed by atoms with Crippen LogP contribution in [0.1, 0.15) is 65.2 Å². The summed E-state index contributed by atoms with van der Waals surface area (Å²) in [6, 6.07) is 0. The van der Waals surface area contributed by atoms with E-state index in [1.165, 1.54) is 0 Å². The molecule has 8 nitrogen and oxygen atoms in total. The van der Waals surface area contributed by atoms with Gasteiger partial charge in [-0.1, -0.05) is 13.8 Å². The largest absolute Gasteiger partial charge is 0.481 e. The lowest BCUT2D eigenvalue weighted by molar-refractivity contribution is -0.231. The van der Waals surface area contributed by atoms with Crippen molar-refractivity contribution >= 4 is 23.9 Å². The van der Waals surface area contributed by atoms with E-state index in [9.17, 15) is 19.2 Å². The number of ether oxygens (including phenoxy) is 2. The van der Waals surface area contributed by atoms with Crippen molar-refractivity contribution in [3.63, 3.8) is 0 Å².